The third kappa shape index (κ3) is 6.47. The van der Waals surface area contributed by atoms with E-state index >= 15 is 0 Å². The molecule has 3 N–H and O–H groups in total. The van der Waals surface area contributed by atoms with E-state index in [-0.39, 0.29) is 5.91 Å². The summed E-state index contributed by atoms with van der Waals surface area (Å²) in [5, 5.41) is 3.83. The van der Waals surface area contributed by atoms with Gasteiger partial charge in [0.1, 0.15) is 5.60 Å². The summed E-state index contributed by atoms with van der Waals surface area (Å²) in [6.45, 7) is 8.96. The number of nitrogens with two attached hydrogens (primary N) is 1. The molecule has 9 nitrogen and oxygen atoms in total. The number of para-hydroxylation sites is 2. The van der Waals surface area contributed by atoms with E-state index in [1.54, 1.807) is 23.1 Å². The highest BCUT2D eigenvalue weighted by Gasteiger charge is 2.25. The lowest BCUT2D eigenvalue weighted by Gasteiger charge is -2.30. The van der Waals surface area contributed by atoms with Crippen molar-refractivity contribution in [1.29, 1.82) is 0 Å². The van der Waals surface area contributed by atoms with Gasteiger partial charge in [0.2, 0.25) is 0 Å². The first-order chi connectivity index (χ1) is 19.6. The molecular formula is C32H37N5O4. The highest BCUT2D eigenvalue weighted by Crippen LogP contribution is 2.29. The molecule has 1 saturated heterocycles. The van der Waals surface area contributed by atoms with Crippen LogP contribution < -0.4 is 20.9 Å². The van der Waals surface area contributed by atoms with E-state index in [0.717, 1.165) is 40.9 Å². The molecule has 0 spiro atoms. The van der Waals surface area contributed by atoms with E-state index in [4.69, 9.17) is 15.2 Å². The Balaban J connectivity index is 1.42. The summed E-state index contributed by atoms with van der Waals surface area (Å²) in [5.74, 6) is -0.247. The van der Waals surface area contributed by atoms with Crippen LogP contribution in [0.4, 0.5) is 27.5 Å². The first kappa shape index (κ1) is 28.0. The Morgan fingerprint density at radius 1 is 1.02 bits per heavy atom. The van der Waals surface area contributed by atoms with Gasteiger partial charge in [0, 0.05) is 54.2 Å². The van der Waals surface area contributed by atoms with Gasteiger partial charge in [-0.2, -0.15) is 0 Å². The van der Waals surface area contributed by atoms with Gasteiger partial charge in [-0.25, -0.2) is 4.79 Å². The predicted octanol–water partition coefficient (Wildman–Crippen LogP) is 5.79. The minimum absolute atomic E-state index is 0.247. The smallest absolute Gasteiger partial charge is 0.415 e. The number of benzene rings is 3. The highest BCUT2D eigenvalue weighted by atomic mass is 16.6. The minimum Gasteiger partial charge on any atom is -0.443 e. The number of hydrogen-bond donors (Lipinski definition) is 2. The lowest BCUT2D eigenvalue weighted by atomic mass is 10.1. The Hall–Kier alpha value is -4.50. The van der Waals surface area contributed by atoms with Gasteiger partial charge < -0.3 is 30.0 Å². The van der Waals surface area contributed by atoms with Crippen molar-refractivity contribution in [2.24, 2.45) is 7.05 Å². The molecule has 0 atom stereocenters. The second kappa shape index (κ2) is 11.5. The van der Waals surface area contributed by atoms with Gasteiger partial charge >= 0.3 is 6.09 Å². The first-order valence-electron chi connectivity index (χ1n) is 13.8. The summed E-state index contributed by atoms with van der Waals surface area (Å²) in [6.07, 6.45) is 1.56. The highest BCUT2D eigenvalue weighted by molar-refractivity contribution is 6.07. The number of rotatable bonds is 6. The second-order valence-electron chi connectivity index (χ2n) is 11.2. The van der Waals surface area contributed by atoms with Crippen LogP contribution in [0.5, 0.6) is 0 Å². The average molecular weight is 556 g/mol. The number of hydrogen-bond acceptors (Lipinski definition) is 6. The molecule has 0 unspecified atom stereocenters. The van der Waals surface area contributed by atoms with Crippen LogP contribution in [-0.4, -0.2) is 48.5 Å². The number of aromatic nitrogens is 1. The Kier molecular flexibility index (Phi) is 7.90. The normalized spacial score (nSPS) is 13.7. The van der Waals surface area contributed by atoms with Crippen LogP contribution in [0.1, 0.15) is 36.7 Å². The van der Waals surface area contributed by atoms with Crippen molar-refractivity contribution >= 4 is 45.7 Å². The van der Waals surface area contributed by atoms with Crippen molar-refractivity contribution in [2.45, 2.75) is 32.9 Å². The molecule has 41 heavy (non-hydrogen) atoms. The van der Waals surface area contributed by atoms with E-state index in [9.17, 15) is 9.59 Å². The molecule has 0 radical (unpaired) electrons. The van der Waals surface area contributed by atoms with Crippen LogP contribution in [0.2, 0.25) is 0 Å². The Bertz CT molecular complexity index is 1550. The topological polar surface area (TPSA) is 102 Å². The quantitative estimate of drug-likeness (QED) is 0.292. The number of ether oxygens (including phenoxy) is 2. The summed E-state index contributed by atoms with van der Waals surface area (Å²) in [7, 11) is 1.93. The largest absolute Gasteiger partial charge is 0.443 e. The van der Waals surface area contributed by atoms with Crippen molar-refractivity contribution in [3.05, 3.63) is 84.1 Å². The molecule has 3 aromatic carbocycles. The molecule has 1 aliphatic rings. The number of aryl methyl sites for hydroxylation is 1. The average Bonchev–Trinajstić information content (AvgIpc) is 3.27. The number of carbonyl (C=O) groups excluding carboxylic acids is 2. The van der Waals surface area contributed by atoms with Crippen LogP contribution in [0, 0.1) is 0 Å². The number of nitrogens with zero attached hydrogens (tertiary/aromatic N) is 3. The number of anilines is 4. The van der Waals surface area contributed by atoms with Gasteiger partial charge in [0.05, 0.1) is 31.1 Å². The Labute approximate surface area is 240 Å². The van der Waals surface area contributed by atoms with Crippen molar-refractivity contribution in [3.8, 4) is 0 Å². The molecule has 9 heteroatoms. The number of nitrogens with one attached hydrogen (secondary N) is 1. The zero-order valence-corrected chi connectivity index (χ0v) is 24.0. The maximum absolute atomic E-state index is 13.4. The number of carbonyl (C=O) groups is 2. The van der Waals surface area contributed by atoms with Gasteiger partial charge in [0.25, 0.3) is 5.91 Å². The van der Waals surface area contributed by atoms with Gasteiger partial charge in [-0.05, 0) is 74.9 Å². The van der Waals surface area contributed by atoms with Crippen LogP contribution in [-0.2, 0) is 23.1 Å². The predicted molar refractivity (Wildman–Crippen MR) is 164 cm³/mol. The molecule has 0 saturated carbocycles. The number of fused-ring (bicyclic) bond motifs is 1. The first-order valence-corrected chi connectivity index (χ1v) is 13.8. The maximum Gasteiger partial charge on any atom is 0.415 e. The van der Waals surface area contributed by atoms with E-state index < -0.39 is 11.7 Å². The Morgan fingerprint density at radius 3 is 2.41 bits per heavy atom. The summed E-state index contributed by atoms with van der Waals surface area (Å²) in [4.78, 5) is 30.4. The number of nitrogen functional groups attached to an aromatic ring is 1. The summed E-state index contributed by atoms with van der Waals surface area (Å²) < 4.78 is 13.2. The summed E-state index contributed by atoms with van der Waals surface area (Å²) >= 11 is 0. The van der Waals surface area contributed by atoms with Crippen molar-refractivity contribution < 1.29 is 19.1 Å². The van der Waals surface area contributed by atoms with Crippen LogP contribution in [0.15, 0.2) is 72.9 Å². The monoisotopic (exact) mass is 555 g/mol. The fraction of sp³-hybridized carbons (Fsp3) is 0.312. The zero-order valence-electron chi connectivity index (χ0n) is 24.0. The van der Waals surface area contributed by atoms with Gasteiger partial charge in [-0.1, -0.05) is 18.2 Å². The fourth-order valence-corrected chi connectivity index (χ4v) is 4.95. The molecule has 4 aromatic rings. The lowest BCUT2D eigenvalue weighted by Crippen LogP contribution is -2.37. The number of morpholine rings is 1. The van der Waals surface area contributed by atoms with Crippen LogP contribution in [0.25, 0.3) is 10.9 Å². The molecule has 214 valence electrons. The van der Waals surface area contributed by atoms with Gasteiger partial charge in [0.15, 0.2) is 0 Å². The van der Waals surface area contributed by atoms with E-state index in [2.05, 4.69) is 10.2 Å². The molecule has 0 aliphatic carbocycles. The third-order valence-electron chi connectivity index (χ3n) is 7.02. The van der Waals surface area contributed by atoms with Crippen LogP contribution >= 0.6 is 0 Å². The van der Waals surface area contributed by atoms with Crippen molar-refractivity contribution in [2.75, 3.05) is 47.2 Å². The molecule has 5 rings (SSSR count). The van der Waals surface area contributed by atoms with Crippen LogP contribution in [0.3, 0.4) is 0 Å². The van der Waals surface area contributed by atoms with Gasteiger partial charge in [-0.3, -0.25) is 9.69 Å². The summed E-state index contributed by atoms with van der Waals surface area (Å²) in [5.41, 5.74) is 10.6. The van der Waals surface area contributed by atoms with E-state index in [0.29, 0.717) is 36.7 Å². The fourth-order valence-electron chi connectivity index (χ4n) is 4.95. The standard InChI is InChI=1S/C32H37N5O4/c1-32(2,3)41-31(39)37(25-12-10-24(11-13-25)36-15-17-40-18-16-36)21-23-20-35(4)29-19-22(9-14-26(23)29)30(38)34-28-8-6-5-7-27(28)33/h5-14,19-20H,15-18,21,33H2,1-4H3,(H,34,38). The molecule has 1 aliphatic heterocycles. The molecule has 1 aromatic heterocycles. The van der Waals surface area contributed by atoms with E-state index in [1.807, 2.05) is 87.1 Å². The van der Waals surface area contributed by atoms with Crippen molar-refractivity contribution in [3.63, 3.8) is 0 Å². The molecular weight excluding hydrogens is 518 g/mol. The molecule has 2 amide bonds. The lowest BCUT2D eigenvalue weighted by molar-refractivity contribution is 0.0577. The third-order valence-corrected chi connectivity index (χ3v) is 7.02. The van der Waals surface area contributed by atoms with Gasteiger partial charge in [-0.15, -0.1) is 0 Å². The number of amides is 2. The SMILES string of the molecule is Cn1cc(CN(C(=O)OC(C)(C)C)c2ccc(N3CCOCC3)cc2)c2ccc(C(=O)Nc3ccccc3N)cc21. The summed E-state index contributed by atoms with van der Waals surface area (Å²) in [6, 6.07) is 20.7. The van der Waals surface area contributed by atoms with Crippen molar-refractivity contribution in [1.82, 2.24) is 4.57 Å². The zero-order chi connectivity index (χ0) is 29.1. The Morgan fingerprint density at radius 2 is 1.73 bits per heavy atom. The van der Waals surface area contributed by atoms with E-state index in [1.165, 1.54) is 0 Å². The minimum atomic E-state index is -0.647. The second-order valence-corrected chi connectivity index (χ2v) is 11.2. The molecule has 2 heterocycles. The maximum atomic E-state index is 13.4. The molecule has 0 bridgehead atoms. The molecule has 1 fully saturated rings.